The van der Waals surface area contributed by atoms with Gasteiger partial charge in [0.05, 0.1) is 6.10 Å². The molecule has 0 amide bonds. The number of unbranched alkanes of at least 4 members (excludes halogenated alkanes) is 1. The molecule has 190 valence electrons. The van der Waals surface area contributed by atoms with Crippen LogP contribution in [0.1, 0.15) is 125 Å². The van der Waals surface area contributed by atoms with Crippen LogP contribution in [0.15, 0.2) is 0 Å². The summed E-state index contributed by atoms with van der Waals surface area (Å²) in [4.78, 5) is 12.0. The number of ether oxygens (including phenoxy) is 1. The van der Waals surface area contributed by atoms with Crippen LogP contribution in [0.3, 0.4) is 0 Å². The number of esters is 1. The van der Waals surface area contributed by atoms with Crippen molar-refractivity contribution in [3.8, 4) is 0 Å². The highest BCUT2D eigenvalue weighted by Crippen LogP contribution is 2.68. The van der Waals surface area contributed by atoms with Crippen LogP contribution in [0.5, 0.6) is 0 Å². The number of rotatable bonds is 6. The van der Waals surface area contributed by atoms with Crippen LogP contribution < -0.4 is 0 Å². The normalized spacial score (nSPS) is 43.8. The van der Waals surface area contributed by atoms with E-state index >= 15 is 0 Å². The molecule has 0 aliphatic heterocycles. The SMILES string of the molecule is C[C@H](CCCCC(=O)OC(C)(C)C)C1CCC2C3CCC4C[C@H](O)CC[C@]4(C)C3CC[C@@]21C. The van der Waals surface area contributed by atoms with Crippen molar-refractivity contribution in [1.82, 2.24) is 0 Å². The highest BCUT2D eigenvalue weighted by atomic mass is 16.6. The molecule has 4 aliphatic rings. The molecule has 0 aromatic heterocycles. The van der Waals surface area contributed by atoms with Gasteiger partial charge in [0.25, 0.3) is 0 Å². The minimum atomic E-state index is -0.371. The van der Waals surface area contributed by atoms with Crippen molar-refractivity contribution in [2.45, 2.75) is 137 Å². The molecule has 4 fully saturated rings. The van der Waals surface area contributed by atoms with Gasteiger partial charge in [-0.1, -0.05) is 33.6 Å². The fourth-order valence-corrected chi connectivity index (χ4v) is 9.54. The highest BCUT2D eigenvalue weighted by Gasteiger charge is 2.60. The van der Waals surface area contributed by atoms with Crippen LogP contribution in [0.4, 0.5) is 0 Å². The summed E-state index contributed by atoms with van der Waals surface area (Å²) in [5.74, 6) is 5.05. The Balaban J connectivity index is 1.32. The first-order valence-corrected chi connectivity index (χ1v) is 14.3. The quantitative estimate of drug-likeness (QED) is 0.329. The molecular weight excluding hydrogens is 408 g/mol. The van der Waals surface area contributed by atoms with Crippen molar-refractivity contribution in [2.75, 3.05) is 0 Å². The lowest BCUT2D eigenvalue weighted by Gasteiger charge is -2.61. The molecule has 4 saturated carbocycles. The van der Waals surface area contributed by atoms with Crippen molar-refractivity contribution in [3.05, 3.63) is 0 Å². The number of hydrogen-bond donors (Lipinski definition) is 1. The Hall–Kier alpha value is -0.570. The van der Waals surface area contributed by atoms with Crippen molar-refractivity contribution >= 4 is 5.97 Å². The largest absolute Gasteiger partial charge is 0.460 e. The predicted octanol–water partition coefficient (Wildman–Crippen LogP) is 7.54. The first-order chi connectivity index (χ1) is 15.4. The second-order valence-electron chi connectivity index (χ2n) is 14.1. The molecule has 5 unspecified atom stereocenters. The van der Waals surface area contributed by atoms with E-state index in [-0.39, 0.29) is 17.7 Å². The lowest BCUT2D eigenvalue weighted by atomic mass is 9.44. The molecule has 4 rings (SSSR count). The monoisotopic (exact) mass is 460 g/mol. The smallest absolute Gasteiger partial charge is 0.306 e. The van der Waals surface area contributed by atoms with Crippen molar-refractivity contribution < 1.29 is 14.6 Å². The molecule has 0 bridgehead atoms. The molecule has 33 heavy (non-hydrogen) atoms. The van der Waals surface area contributed by atoms with Crippen molar-refractivity contribution in [2.24, 2.45) is 46.3 Å². The van der Waals surface area contributed by atoms with Gasteiger partial charge in [-0.3, -0.25) is 4.79 Å². The van der Waals surface area contributed by atoms with Gasteiger partial charge < -0.3 is 9.84 Å². The Labute approximate surface area is 203 Å². The first kappa shape index (κ1) is 25.5. The fourth-order valence-electron chi connectivity index (χ4n) is 9.54. The summed E-state index contributed by atoms with van der Waals surface area (Å²) in [7, 11) is 0. The van der Waals surface area contributed by atoms with Crippen molar-refractivity contribution in [3.63, 3.8) is 0 Å². The molecule has 0 radical (unpaired) electrons. The number of aliphatic hydroxyl groups excluding tert-OH is 1. The number of aliphatic hydroxyl groups is 1. The van der Waals surface area contributed by atoms with Gasteiger partial charge in [0, 0.05) is 6.42 Å². The molecule has 0 spiro atoms. The van der Waals surface area contributed by atoms with E-state index in [9.17, 15) is 9.90 Å². The number of carbonyl (C=O) groups is 1. The number of fused-ring (bicyclic) bond motifs is 5. The molecule has 3 heteroatoms. The van der Waals surface area contributed by atoms with E-state index in [1.165, 1.54) is 51.4 Å². The van der Waals surface area contributed by atoms with Gasteiger partial charge in [0.2, 0.25) is 0 Å². The van der Waals surface area contributed by atoms with Gasteiger partial charge in [-0.05, 0) is 131 Å². The molecule has 9 atom stereocenters. The van der Waals surface area contributed by atoms with E-state index in [4.69, 9.17) is 4.74 Å². The van der Waals surface area contributed by atoms with Crippen LogP contribution in [-0.4, -0.2) is 22.8 Å². The maximum absolute atomic E-state index is 12.0. The summed E-state index contributed by atoms with van der Waals surface area (Å²) in [6, 6.07) is 0. The summed E-state index contributed by atoms with van der Waals surface area (Å²) in [6.45, 7) is 13.6. The lowest BCUT2D eigenvalue weighted by molar-refractivity contribution is -0.154. The predicted molar refractivity (Wildman–Crippen MR) is 135 cm³/mol. The zero-order valence-corrected chi connectivity index (χ0v) is 22.5. The molecular formula is C30H52O3. The van der Waals surface area contributed by atoms with Gasteiger partial charge in [-0.15, -0.1) is 0 Å². The zero-order chi connectivity index (χ0) is 24.0. The molecule has 0 aromatic carbocycles. The van der Waals surface area contributed by atoms with E-state index in [2.05, 4.69) is 20.8 Å². The average Bonchev–Trinajstić information content (AvgIpc) is 3.07. The van der Waals surface area contributed by atoms with E-state index in [1.807, 2.05) is 20.8 Å². The average molecular weight is 461 g/mol. The Morgan fingerprint density at radius 3 is 2.39 bits per heavy atom. The topological polar surface area (TPSA) is 46.5 Å². The minimum Gasteiger partial charge on any atom is -0.460 e. The second-order valence-corrected chi connectivity index (χ2v) is 14.1. The molecule has 0 saturated heterocycles. The van der Waals surface area contributed by atoms with E-state index < -0.39 is 0 Å². The Morgan fingerprint density at radius 2 is 1.67 bits per heavy atom. The fraction of sp³-hybridized carbons (Fsp3) is 0.967. The van der Waals surface area contributed by atoms with Gasteiger partial charge in [0.1, 0.15) is 5.60 Å². The maximum Gasteiger partial charge on any atom is 0.306 e. The zero-order valence-electron chi connectivity index (χ0n) is 22.5. The Morgan fingerprint density at radius 1 is 0.970 bits per heavy atom. The van der Waals surface area contributed by atoms with Crippen LogP contribution >= 0.6 is 0 Å². The van der Waals surface area contributed by atoms with Crippen LogP contribution in [0, 0.1) is 46.3 Å². The van der Waals surface area contributed by atoms with Crippen LogP contribution in [0.2, 0.25) is 0 Å². The Kier molecular flexibility index (Phi) is 7.33. The molecule has 3 nitrogen and oxygen atoms in total. The minimum absolute atomic E-state index is 0.0410. The standard InChI is InChI=1S/C30H52O3/c1-20(9-7-8-10-27(32)33-28(2,3)4)24-13-14-25-23-12-11-21-19-22(31)15-17-29(21,5)26(23)16-18-30(24,25)6/h20-26,31H,7-19H2,1-6H3/t20-,21?,22-,23?,24?,25?,26?,29+,30-/m1/s1. The first-order valence-electron chi connectivity index (χ1n) is 14.3. The van der Waals surface area contributed by atoms with Crippen molar-refractivity contribution in [1.29, 1.82) is 0 Å². The van der Waals surface area contributed by atoms with E-state index in [1.54, 1.807) is 0 Å². The van der Waals surface area contributed by atoms with Crippen LogP contribution in [0.25, 0.3) is 0 Å². The third kappa shape index (κ3) is 5.05. The van der Waals surface area contributed by atoms with Crippen LogP contribution in [-0.2, 0) is 9.53 Å². The molecule has 4 aliphatic carbocycles. The third-order valence-electron chi connectivity index (χ3n) is 11.1. The summed E-state index contributed by atoms with van der Waals surface area (Å²) < 4.78 is 5.48. The van der Waals surface area contributed by atoms with Gasteiger partial charge in [-0.2, -0.15) is 0 Å². The number of carbonyl (C=O) groups excluding carboxylic acids is 1. The summed E-state index contributed by atoms with van der Waals surface area (Å²) in [5.41, 5.74) is 0.627. The molecule has 0 heterocycles. The third-order valence-corrected chi connectivity index (χ3v) is 11.1. The van der Waals surface area contributed by atoms with E-state index in [0.29, 0.717) is 17.3 Å². The van der Waals surface area contributed by atoms with E-state index in [0.717, 1.165) is 61.2 Å². The summed E-state index contributed by atoms with van der Waals surface area (Å²) in [5, 5.41) is 10.3. The van der Waals surface area contributed by atoms with Gasteiger partial charge >= 0.3 is 5.97 Å². The Bertz CT molecular complexity index is 695. The maximum atomic E-state index is 12.0. The van der Waals surface area contributed by atoms with Gasteiger partial charge in [0.15, 0.2) is 0 Å². The second kappa shape index (κ2) is 9.47. The number of hydrogen-bond acceptors (Lipinski definition) is 3. The van der Waals surface area contributed by atoms with Gasteiger partial charge in [-0.25, -0.2) is 0 Å². The summed E-state index contributed by atoms with van der Waals surface area (Å²) in [6.07, 6.45) is 15.7. The molecule has 1 N–H and O–H groups in total. The highest BCUT2D eigenvalue weighted by molar-refractivity contribution is 5.69. The lowest BCUT2D eigenvalue weighted by Crippen LogP contribution is -2.54. The molecule has 0 aromatic rings. The summed E-state index contributed by atoms with van der Waals surface area (Å²) >= 11 is 0.